The molecule has 1 aromatic carbocycles. The summed E-state index contributed by atoms with van der Waals surface area (Å²) >= 11 is 1.56. The molecule has 0 atom stereocenters. The van der Waals surface area contributed by atoms with Crippen molar-refractivity contribution in [2.75, 3.05) is 11.9 Å². The molecule has 2 heterocycles. The van der Waals surface area contributed by atoms with E-state index in [-0.39, 0.29) is 18.4 Å². The van der Waals surface area contributed by atoms with Gasteiger partial charge in [-0.15, -0.1) is 10.2 Å². The molecule has 1 aliphatic rings. The van der Waals surface area contributed by atoms with Crippen LogP contribution in [0.25, 0.3) is 21.3 Å². The van der Waals surface area contributed by atoms with Crippen molar-refractivity contribution in [3.05, 3.63) is 35.5 Å². The van der Waals surface area contributed by atoms with E-state index < -0.39 is 0 Å². The molecule has 7 heteroatoms. The van der Waals surface area contributed by atoms with Crippen LogP contribution in [0.3, 0.4) is 0 Å². The molecule has 3 aromatic rings. The van der Waals surface area contributed by atoms with Gasteiger partial charge in [-0.3, -0.25) is 4.79 Å². The lowest BCUT2D eigenvalue weighted by Crippen LogP contribution is -2.28. The SMILES string of the molecule is Cc1nnc(-c2ccc3cnc(NC(=O)[C@H]4CC[C@H](CO)CC4)cc3c2)s1. The predicted molar refractivity (Wildman–Crippen MR) is 107 cm³/mol. The Morgan fingerprint density at radius 1 is 1.19 bits per heavy atom. The molecule has 4 rings (SSSR count). The van der Waals surface area contributed by atoms with Crippen LogP contribution in [0, 0.1) is 18.8 Å². The molecule has 27 heavy (non-hydrogen) atoms. The second-order valence-electron chi connectivity index (χ2n) is 7.15. The highest BCUT2D eigenvalue weighted by molar-refractivity contribution is 7.14. The summed E-state index contributed by atoms with van der Waals surface area (Å²) in [5.41, 5.74) is 1.01. The Labute approximate surface area is 161 Å². The normalized spacial score (nSPS) is 19.9. The number of fused-ring (bicyclic) bond motifs is 1. The molecule has 0 bridgehead atoms. The highest BCUT2D eigenvalue weighted by atomic mass is 32.1. The van der Waals surface area contributed by atoms with Crippen molar-refractivity contribution in [3.8, 4) is 10.6 Å². The maximum Gasteiger partial charge on any atom is 0.228 e. The van der Waals surface area contributed by atoms with Gasteiger partial charge in [0.2, 0.25) is 5.91 Å². The average Bonchev–Trinajstić information content (AvgIpc) is 3.14. The second-order valence-corrected chi connectivity index (χ2v) is 8.33. The summed E-state index contributed by atoms with van der Waals surface area (Å²) in [6, 6.07) is 7.99. The maximum absolute atomic E-state index is 12.6. The molecular formula is C20H22N4O2S. The third-order valence-corrected chi connectivity index (χ3v) is 6.11. The van der Waals surface area contributed by atoms with Crippen LogP contribution in [-0.2, 0) is 4.79 Å². The Balaban J connectivity index is 1.51. The number of aryl methyl sites for hydroxylation is 1. The number of nitrogens with one attached hydrogen (secondary N) is 1. The molecule has 2 N–H and O–H groups in total. The molecular weight excluding hydrogens is 360 g/mol. The smallest absolute Gasteiger partial charge is 0.228 e. The average molecular weight is 382 g/mol. The van der Waals surface area contributed by atoms with Crippen molar-refractivity contribution in [3.63, 3.8) is 0 Å². The van der Waals surface area contributed by atoms with E-state index in [1.807, 2.05) is 25.1 Å². The van der Waals surface area contributed by atoms with Gasteiger partial charge in [0.15, 0.2) is 0 Å². The number of amides is 1. The van der Waals surface area contributed by atoms with Crippen LogP contribution in [-0.4, -0.2) is 32.8 Å². The zero-order chi connectivity index (χ0) is 18.8. The van der Waals surface area contributed by atoms with Gasteiger partial charge in [-0.25, -0.2) is 4.98 Å². The van der Waals surface area contributed by atoms with Gasteiger partial charge in [0, 0.05) is 29.7 Å². The van der Waals surface area contributed by atoms with Crippen molar-refractivity contribution in [2.24, 2.45) is 11.8 Å². The van der Waals surface area contributed by atoms with Crippen LogP contribution in [0.2, 0.25) is 0 Å². The fourth-order valence-corrected chi connectivity index (χ4v) is 4.28. The summed E-state index contributed by atoms with van der Waals surface area (Å²) < 4.78 is 0. The minimum absolute atomic E-state index is 0.000926. The van der Waals surface area contributed by atoms with Gasteiger partial charge in [0.1, 0.15) is 15.8 Å². The Kier molecular flexibility index (Phi) is 5.13. The van der Waals surface area contributed by atoms with Crippen molar-refractivity contribution in [1.29, 1.82) is 0 Å². The van der Waals surface area contributed by atoms with E-state index in [1.54, 1.807) is 17.5 Å². The van der Waals surface area contributed by atoms with Crippen LogP contribution in [0.4, 0.5) is 5.82 Å². The van der Waals surface area contributed by atoms with E-state index in [2.05, 4.69) is 26.6 Å². The molecule has 1 fully saturated rings. The fourth-order valence-electron chi connectivity index (χ4n) is 3.59. The van der Waals surface area contributed by atoms with Crippen molar-refractivity contribution in [2.45, 2.75) is 32.6 Å². The van der Waals surface area contributed by atoms with Gasteiger partial charge in [-0.05, 0) is 56.0 Å². The quantitative estimate of drug-likeness (QED) is 0.717. The number of benzene rings is 1. The van der Waals surface area contributed by atoms with Crippen LogP contribution < -0.4 is 5.32 Å². The topological polar surface area (TPSA) is 88.0 Å². The van der Waals surface area contributed by atoms with Gasteiger partial charge in [-0.2, -0.15) is 0 Å². The monoisotopic (exact) mass is 382 g/mol. The van der Waals surface area contributed by atoms with E-state index in [4.69, 9.17) is 0 Å². The molecule has 1 aliphatic carbocycles. The Bertz CT molecular complexity index is 964. The summed E-state index contributed by atoms with van der Waals surface area (Å²) in [4.78, 5) is 16.9. The van der Waals surface area contributed by atoms with Gasteiger partial charge < -0.3 is 10.4 Å². The Morgan fingerprint density at radius 2 is 2.00 bits per heavy atom. The maximum atomic E-state index is 12.6. The van der Waals surface area contributed by atoms with E-state index in [9.17, 15) is 9.90 Å². The first-order valence-electron chi connectivity index (χ1n) is 9.24. The zero-order valence-corrected chi connectivity index (χ0v) is 16.0. The summed E-state index contributed by atoms with van der Waals surface area (Å²) in [5, 5.41) is 24.3. The number of rotatable bonds is 4. The number of anilines is 1. The van der Waals surface area contributed by atoms with E-state index in [1.165, 1.54) is 0 Å². The van der Waals surface area contributed by atoms with Gasteiger partial charge >= 0.3 is 0 Å². The number of nitrogens with zero attached hydrogens (tertiary/aromatic N) is 3. The third kappa shape index (κ3) is 3.99. The lowest BCUT2D eigenvalue weighted by Gasteiger charge is -2.26. The fraction of sp³-hybridized carbons (Fsp3) is 0.400. The van der Waals surface area contributed by atoms with Crippen molar-refractivity contribution >= 4 is 33.8 Å². The molecule has 1 saturated carbocycles. The van der Waals surface area contributed by atoms with Crippen molar-refractivity contribution < 1.29 is 9.90 Å². The molecule has 0 radical (unpaired) electrons. The third-order valence-electron chi connectivity index (χ3n) is 5.22. The molecule has 0 spiro atoms. The molecule has 0 aliphatic heterocycles. The molecule has 0 saturated heterocycles. The number of carbonyl (C=O) groups is 1. The number of hydrogen-bond donors (Lipinski definition) is 2. The van der Waals surface area contributed by atoms with E-state index >= 15 is 0 Å². The molecule has 1 amide bonds. The predicted octanol–water partition coefficient (Wildman–Crippen LogP) is 3.80. The summed E-state index contributed by atoms with van der Waals surface area (Å²) in [6.07, 6.45) is 5.24. The summed E-state index contributed by atoms with van der Waals surface area (Å²) in [5.74, 6) is 0.938. The zero-order valence-electron chi connectivity index (χ0n) is 15.2. The summed E-state index contributed by atoms with van der Waals surface area (Å²) in [6.45, 7) is 2.16. The number of aromatic nitrogens is 3. The van der Waals surface area contributed by atoms with E-state index in [0.29, 0.717) is 11.7 Å². The molecule has 6 nitrogen and oxygen atoms in total. The van der Waals surface area contributed by atoms with Crippen LogP contribution in [0.15, 0.2) is 30.5 Å². The molecule has 140 valence electrons. The number of hydrogen-bond acceptors (Lipinski definition) is 6. The van der Waals surface area contributed by atoms with Gasteiger partial charge in [0.05, 0.1) is 0 Å². The highest BCUT2D eigenvalue weighted by Gasteiger charge is 2.26. The first-order valence-corrected chi connectivity index (χ1v) is 10.1. The Morgan fingerprint density at radius 3 is 2.70 bits per heavy atom. The minimum atomic E-state index is 0.000926. The summed E-state index contributed by atoms with van der Waals surface area (Å²) in [7, 11) is 0. The van der Waals surface area contributed by atoms with Gasteiger partial charge in [-0.1, -0.05) is 23.5 Å². The number of aliphatic hydroxyl groups is 1. The molecule has 2 aromatic heterocycles. The second kappa shape index (κ2) is 7.70. The van der Waals surface area contributed by atoms with Crippen molar-refractivity contribution in [1.82, 2.24) is 15.2 Å². The lowest BCUT2D eigenvalue weighted by molar-refractivity contribution is -0.121. The first kappa shape index (κ1) is 18.0. The van der Waals surface area contributed by atoms with Crippen LogP contribution in [0.5, 0.6) is 0 Å². The number of aliphatic hydroxyl groups excluding tert-OH is 1. The number of carbonyl (C=O) groups excluding carboxylic acids is 1. The number of pyridine rings is 1. The molecule has 0 unspecified atom stereocenters. The minimum Gasteiger partial charge on any atom is -0.396 e. The van der Waals surface area contributed by atoms with Crippen LogP contribution >= 0.6 is 11.3 Å². The standard InChI is InChI=1S/C20H22N4O2S/c1-12-23-24-20(27-12)15-6-7-16-10-21-18(9-17(16)8-15)22-19(26)14-4-2-13(11-25)3-5-14/h6-10,13-14,25H,2-5,11H2,1H3,(H,21,22,26)/t13-,14-. The first-order chi connectivity index (χ1) is 13.1. The largest absolute Gasteiger partial charge is 0.396 e. The Hall–Kier alpha value is -2.38. The van der Waals surface area contributed by atoms with E-state index in [0.717, 1.165) is 52.0 Å². The van der Waals surface area contributed by atoms with Crippen LogP contribution in [0.1, 0.15) is 30.7 Å². The van der Waals surface area contributed by atoms with Gasteiger partial charge in [0.25, 0.3) is 0 Å². The highest BCUT2D eigenvalue weighted by Crippen LogP contribution is 2.30. The lowest BCUT2D eigenvalue weighted by atomic mass is 9.82.